The van der Waals surface area contributed by atoms with Gasteiger partial charge in [0.15, 0.2) is 11.6 Å². The molecule has 0 amide bonds. The summed E-state index contributed by atoms with van der Waals surface area (Å²) in [6, 6.07) is 19.8. The maximum absolute atomic E-state index is 14.6. The third-order valence-electron chi connectivity index (χ3n) is 5.42. The number of aryl methyl sites for hydroxylation is 2. The minimum Gasteiger partial charge on any atom is -0.494 e. The van der Waals surface area contributed by atoms with Gasteiger partial charge in [-0.2, -0.15) is 5.10 Å². The van der Waals surface area contributed by atoms with Crippen LogP contribution in [-0.4, -0.2) is 31.8 Å². The van der Waals surface area contributed by atoms with E-state index < -0.39 is 15.8 Å². The minimum atomic E-state index is -3.89. The second kappa shape index (κ2) is 10.1. The third kappa shape index (κ3) is 5.23. The zero-order valence-corrected chi connectivity index (χ0v) is 19.5. The van der Waals surface area contributed by atoms with Crippen LogP contribution < -0.4 is 14.6 Å². The molecule has 35 heavy (non-hydrogen) atoms. The highest BCUT2D eigenvalue weighted by Gasteiger charge is 2.24. The van der Waals surface area contributed by atoms with Crippen molar-refractivity contribution < 1.29 is 27.1 Å². The number of methoxy groups -OCH3 is 1. The molecule has 4 aromatic rings. The van der Waals surface area contributed by atoms with Crippen LogP contribution >= 0.6 is 0 Å². The van der Waals surface area contributed by atoms with Crippen molar-refractivity contribution in [2.75, 3.05) is 7.11 Å². The predicted octanol–water partition coefficient (Wildman–Crippen LogP) is 3.79. The molecule has 2 N–H and O–H groups in total. The fraction of sp³-hybridized carbons (Fsp3) is 0.120. The number of nitrogens with zero attached hydrogens (tertiary/aromatic N) is 2. The molecule has 0 atom stereocenters. The van der Waals surface area contributed by atoms with Gasteiger partial charge in [0.05, 0.1) is 17.6 Å². The largest absolute Gasteiger partial charge is 0.494 e. The lowest BCUT2D eigenvalue weighted by molar-refractivity contribution is -0.121. The van der Waals surface area contributed by atoms with Gasteiger partial charge in [-0.05, 0) is 41.8 Å². The Morgan fingerprint density at radius 3 is 2.31 bits per heavy atom. The van der Waals surface area contributed by atoms with E-state index in [4.69, 9.17) is 14.6 Å². The number of hydrogen-bond donors (Lipinski definition) is 1. The summed E-state index contributed by atoms with van der Waals surface area (Å²) < 4.78 is 49.8. The molecule has 180 valence electrons. The number of nitrogens with two attached hydrogens (primary N) is 1. The van der Waals surface area contributed by atoms with E-state index in [0.717, 1.165) is 5.56 Å². The number of carbonyl (C=O) groups is 1. The van der Waals surface area contributed by atoms with Crippen molar-refractivity contribution in [3.05, 3.63) is 84.2 Å². The Morgan fingerprint density at radius 2 is 1.71 bits per heavy atom. The first-order valence-electron chi connectivity index (χ1n) is 10.5. The summed E-state index contributed by atoms with van der Waals surface area (Å²) in [4.78, 5) is 11.4. The number of sulfonamides is 1. The number of carbonyl (C=O) groups excluding carboxylic acids is 1. The summed E-state index contributed by atoms with van der Waals surface area (Å²) in [5.74, 6) is -0.414. The van der Waals surface area contributed by atoms with Gasteiger partial charge < -0.3 is 9.47 Å². The SMILES string of the molecule is COc1ccc(-c2c(-c3ccc(S(N)(=O)=O)cc3)nn(CCc3ccccc3)c2OC=O)cc1F. The average Bonchev–Trinajstić information content (AvgIpc) is 3.21. The first-order valence-corrected chi connectivity index (χ1v) is 12.1. The average molecular weight is 496 g/mol. The van der Waals surface area contributed by atoms with E-state index in [1.165, 1.54) is 48.2 Å². The van der Waals surface area contributed by atoms with E-state index in [-0.39, 0.29) is 23.0 Å². The Kier molecular flexibility index (Phi) is 6.94. The first kappa shape index (κ1) is 24.1. The number of ether oxygens (including phenoxy) is 2. The van der Waals surface area contributed by atoms with E-state index in [1.807, 2.05) is 30.3 Å². The fourth-order valence-electron chi connectivity index (χ4n) is 3.73. The van der Waals surface area contributed by atoms with E-state index in [2.05, 4.69) is 5.10 Å². The van der Waals surface area contributed by atoms with Crippen LogP contribution in [0.4, 0.5) is 4.39 Å². The lowest BCUT2D eigenvalue weighted by Gasteiger charge is -2.09. The van der Waals surface area contributed by atoms with Crippen LogP contribution in [-0.2, 0) is 27.8 Å². The highest BCUT2D eigenvalue weighted by molar-refractivity contribution is 7.89. The summed E-state index contributed by atoms with van der Waals surface area (Å²) >= 11 is 0. The van der Waals surface area contributed by atoms with Crippen LogP contribution in [0.15, 0.2) is 77.7 Å². The van der Waals surface area contributed by atoms with Gasteiger partial charge in [0.1, 0.15) is 5.69 Å². The van der Waals surface area contributed by atoms with Crippen molar-refractivity contribution in [2.24, 2.45) is 5.14 Å². The van der Waals surface area contributed by atoms with E-state index >= 15 is 0 Å². The van der Waals surface area contributed by atoms with Crippen molar-refractivity contribution in [1.82, 2.24) is 9.78 Å². The monoisotopic (exact) mass is 495 g/mol. The fourth-order valence-corrected chi connectivity index (χ4v) is 4.25. The number of primary sulfonamides is 1. The van der Waals surface area contributed by atoms with Crippen molar-refractivity contribution in [2.45, 2.75) is 17.9 Å². The Labute approximate surface area is 201 Å². The molecule has 0 spiro atoms. The molecule has 1 aromatic heterocycles. The molecular weight excluding hydrogens is 473 g/mol. The minimum absolute atomic E-state index is 0.0575. The van der Waals surface area contributed by atoms with Gasteiger partial charge in [0.2, 0.25) is 15.9 Å². The van der Waals surface area contributed by atoms with Gasteiger partial charge in [0.25, 0.3) is 6.47 Å². The lowest BCUT2D eigenvalue weighted by atomic mass is 10.0. The van der Waals surface area contributed by atoms with E-state index in [0.29, 0.717) is 35.3 Å². The standard InChI is InChI=1S/C25H22FN3O5S/c1-33-22-12-9-19(15-21(22)26)23-24(18-7-10-20(11-8-18)35(27,31)32)28-29(25(23)34-16-30)14-13-17-5-3-2-4-6-17/h2-12,15-16H,13-14H2,1H3,(H2,27,31,32). The van der Waals surface area contributed by atoms with Crippen LogP contribution in [0.25, 0.3) is 22.4 Å². The van der Waals surface area contributed by atoms with Crippen LogP contribution in [0.5, 0.6) is 11.6 Å². The molecular formula is C25H22FN3O5S. The summed E-state index contributed by atoms with van der Waals surface area (Å²) in [5, 5.41) is 9.87. The Bertz CT molecular complexity index is 1450. The van der Waals surface area contributed by atoms with Crippen molar-refractivity contribution in [1.29, 1.82) is 0 Å². The summed E-state index contributed by atoms with van der Waals surface area (Å²) in [6.45, 7) is 0.654. The van der Waals surface area contributed by atoms with Gasteiger partial charge in [-0.25, -0.2) is 22.6 Å². The van der Waals surface area contributed by atoms with Crippen molar-refractivity contribution in [3.8, 4) is 34.0 Å². The van der Waals surface area contributed by atoms with Gasteiger partial charge in [-0.3, -0.25) is 4.79 Å². The number of hydrogen-bond acceptors (Lipinski definition) is 6. The second-order valence-electron chi connectivity index (χ2n) is 7.62. The predicted molar refractivity (Wildman–Crippen MR) is 128 cm³/mol. The molecule has 0 bridgehead atoms. The van der Waals surface area contributed by atoms with Crippen LogP contribution in [0.3, 0.4) is 0 Å². The van der Waals surface area contributed by atoms with Crippen molar-refractivity contribution in [3.63, 3.8) is 0 Å². The quantitative estimate of drug-likeness (QED) is 0.354. The van der Waals surface area contributed by atoms with Gasteiger partial charge >= 0.3 is 0 Å². The maximum Gasteiger partial charge on any atom is 0.299 e. The second-order valence-corrected chi connectivity index (χ2v) is 9.18. The normalized spacial score (nSPS) is 11.3. The highest BCUT2D eigenvalue weighted by Crippen LogP contribution is 2.40. The molecule has 0 aliphatic heterocycles. The molecule has 0 radical (unpaired) electrons. The summed E-state index contributed by atoms with van der Waals surface area (Å²) in [7, 11) is -2.53. The number of halogens is 1. The van der Waals surface area contributed by atoms with Crippen LogP contribution in [0, 0.1) is 5.82 Å². The Hall–Kier alpha value is -4.02. The van der Waals surface area contributed by atoms with Crippen LogP contribution in [0.1, 0.15) is 5.56 Å². The zero-order chi connectivity index (χ0) is 25.0. The van der Waals surface area contributed by atoms with Gasteiger partial charge in [-0.1, -0.05) is 48.5 Å². The summed E-state index contributed by atoms with van der Waals surface area (Å²) in [6.07, 6.45) is 0.595. The molecule has 0 fully saturated rings. The molecule has 4 rings (SSSR count). The molecule has 0 aliphatic rings. The Balaban J connectivity index is 1.87. The molecule has 0 saturated carbocycles. The molecule has 8 nitrogen and oxygen atoms in total. The Morgan fingerprint density at radius 1 is 1.03 bits per heavy atom. The topological polar surface area (TPSA) is 114 Å². The van der Waals surface area contributed by atoms with E-state index in [9.17, 15) is 17.6 Å². The smallest absolute Gasteiger partial charge is 0.299 e. The number of aromatic nitrogens is 2. The van der Waals surface area contributed by atoms with Crippen LogP contribution in [0.2, 0.25) is 0 Å². The lowest BCUT2D eigenvalue weighted by Crippen LogP contribution is -2.11. The van der Waals surface area contributed by atoms with Crippen molar-refractivity contribution >= 4 is 16.5 Å². The maximum atomic E-state index is 14.6. The molecule has 1 heterocycles. The number of rotatable bonds is 9. The molecule has 0 unspecified atom stereocenters. The zero-order valence-electron chi connectivity index (χ0n) is 18.7. The number of benzene rings is 3. The van der Waals surface area contributed by atoms with Gasteiger partial charge in [-0.15, -0.1) is 0 Å². The molecule has 10 heteroatoms. The summed E-state index contributed by atoms with van der Waals surface area (Å²) in [5.41, 5.74) is 2.72. The molecule has 0 aliphatic carbocycles. The molecule has 3 aromatic carbocycles. The third-order valence-corrected chi connectivity index (χ3v) is 6.35. The highest BCUT2D eigenvalue weighted by atomic mass is 32.2. The first-order chi connectivity index (χ1) is 16.8. The van der Waals surface area contributed by atoms with Gasteiger partial charge in [0, 0.05) is 12.1 Å². The molecule has 0 saturated heterocycles. The van der Waals surface area contributed by atoms with E-state index in [1.54, 1.807) is 6.07 Å².